The van der Waals surface area contributed by atoms with Crippen molar-refractivity contribution in [3.63, 3.8) is 0 Å². The molecule has 3 fully saturated rings. The molecule has 0 radical (unpaired) electrons. The lowest BCUT2D eigenvalue weighted by atomic mass is 9.79. The molecule has 2 saturated heterocycles. The number of nitrogens with zero attached hydrogens (tertiary/aromatic N) is 7. The van der Waals surface area contributed by atoms with E-state index in [0.29, 0.717) is 57.0 Å². The van der Waals surface area contributed by atoms with Crippen LogP contribution in [0.1, 0.15) is 49.9 Å². The summed E-state index contributed by atoms with van der Waals surface area (Å²) in [5, 5.41) is 15.0. The topological polar surface area (TPSA) is 120 Å². The van der Waals surface area contributed by atoms with Gasteiger partial charge in [0.15, 0.2) is 5.82 Å². The first kappa shape index (κ1) is 28.4. The summed E-state index contributed by atoms with van der Waals surface area (Å²) >= 11 is 0. The molecule has 3 aromatic rings. The summed E-state index contributed by atoms with van der Waals surface area (Å²) in [6.45, 7) is 1.99. The van der Waals surface area contributed by atoms with E-state index >= 15 is 0 Å². The summed E-state index contributed by atoms with van der Waals surface area (Å²) in [6, 6.07) is 6.75. The number of likely N-dealkylation sites (tertiary alicyclic amines) is 1. The van der Waals surface area contributed by atoms with Gasteiger partial charge in [-0.05, 0) is 62.8 Å². The molecule has 1 saturated carbocycles. The van der Waals surface area contributed by atoms with Gasteiger partial charge in [0.05, 0.1) is 11.6 Å². The van der Waals surface area contributed by atoms with Gasteiger partial charge in [-0.25, -0.2) is 19.9 Å². The first-order valence-corrected chi connectivity index (χ1v) is 14.3. The average Bonchev–Trinajstić information content (AvgIpc) is 3.69. The molecule has 2 atom stereocenters. The van der Waals surface area contributed by atoms with E-state index in [1.807, 2.05) is 17.0 Å². The van der Waals surface area contributed by atoms with E-state index in [-0.39, 0.29) is 29.9 Å². The molecule has 10 nitrogen and oxygen atoms in total. The molecule has 42 heavy (non-hydrogen) atoms. The van der Waals surface area contributed by atoms with Gasteiger partial charge in [0, 0.05) is 68.6 Å². The molecule has 2 aliphatic heterocycles. The molecule has 222 valence electrons. The quantitative estimate of drug-likeness (QED) is 0.452. The number of aliphatic hydroxyl groups is 1. The van der Waals surface area contributed by atoms with E-state index in [0.717, 1.165) is 37.1 Å². The van der Waals surface area contributed by atoms with Crippen molar-refractivity contribution in [1.82, 2.24) is 35.1 Å². The van der Waals surface area contributed by atoms with Crippen LogP contribution in [0.2, 0.25) is 0 Å². The van der Waals surface area contributed by atoms with E-state index in [1.54, 1.807) is 29.6 Å². The van der Waals surface area contributed by atoms with Crippen molar-refractivity contribution >= 4 is 11.9 Å². The maximum absolute atomic E-state index is 13.2. The molecule has 5 heterocycles. The first-order valence-electron chi connectivity index (χ1n) is 14.3. The van der Waals surface area contributed by atoms with Gasteiger partial charge in [-0.3, -0.25) is 9.78 Å². The third-order valence-electron chi connectivity index (χ3n) is 8.60. The molecule has 1 amide bonds. The van der Waals surface area contributed by atoms with E-state index in [9.17, 15) is 23.1 Å². The Kier molecular flexibility index (Phi) is 7.79. The Morgan fingerprint density at radius 3 is 2.43 bits per heavy atom. The smallest absolute Gasteiger partial charge is 0.384 e. The van der Waals surface area contributed by atoms with Crippen LogP contribution in [0, 0.1) is 5.92 Å². The third-order valence-corrected chi connectivity index (χ3v) is 8.60. The highest BCUT2D eigenvalue weighted by Crippen LogP contribution is 2.37. The monoisotopic (exact) mass is 582 g/mol. The standard InChI is InChI=1S/C29H33F3N8O2/c30-29(31,32)24-6-13-35-27(38-24)40-14-7-20(17-40)26(41)39-15-8-22(18-39)37-21-4-9-28(42,10-5-21)23-3-2-19(16-36-23)25-33-11-1-12-34-25/h1-3,6,11-13,16,20-22,37,42H,4-5,7-10,14-15,17-18H2/t20-,21?,22?,28?/m0/s1. The Morgan fingerprint density at radius 2 is 1.71 bits per heavy atom. The minimum absolute atomic E-state index is 0.00898. The number of amides is 1. The number of carbonyl (C=O) groups excluding carboxylic acids is 1. The summed E-state index contributed by atoms with van der Waals surface area (Å²) in [4.78, 5) is 37.5. The second-order valence-electron chi connectivity index (χ2n) is 11.4. The summed E-state index contributed by atoms with van der Waals surface area (Å²) in [5.74, 6) is 0.339. The Labute approximate surface area is 241 Å². The Morgan fingerprint density at radius 1 is 0.929 bits per heavy atom. The zero-order chi connectivity index (χ0) is 29.3. The van der Waals surface area contributed by atoms with Crippen LogP contribution in [-0.2, 0) is 16.6 Å². The van der Waals surface area contributed by atoms with Gasteiger partial charge in [-0.2, -0.15) is 13.2 Å². The number of carbonyl (C=O) groups is 1. The number of hydrogen-bond donors (Lipinski definition) is 2. The maximum atomic E-state index is 13.2. The van der Waals surface area contributed by atoms with Crippen molar-refractivity contribution in [3.8, 4) is 11.4 Å². The largest absolute Gasteiger partial charge is 0.433 e. The lowest BCUT2D eigenvalue weighted by molar-refractivity contribution is -0.141. The molecule has 0 spiro atoms. The predicted molar refractivity (Wildman–Crippen MR) is 147 cm³/mol. The number of nitrogens with one attached hydrogen (secondary N) is 1. The summed E-state index contributed by atoms with van der Waals surface area (Å²) < 4.78 is 39.2. The lowest BCUT2D eigenvalue weighted by Crippen LogP contribution is -2.46. The Balaban J connectivity index is 0.977. The van der Waals surface area contributed by atoms with E-state index in [1.165, 1.54) is 0 Å². The van der Waals surface area contributed by atoms with Gasteiger partial charge >= 0.3 is 6.18 Å². The van der Waals surface area contributed by atoms with Crippen LogP contribution in [0.15, 0.2) is 49.1 Å². The Bertz CT molecular complexity index is 1380. The van der Waals surface area contributed by atoms with Crippen molar-refractivity contribution in [3.05, 3.63) is 60.4 Å². The average molecular weight is 583 g/mol. The molecule has 13 heteroatoms. The number of alkyl halides is 3. The fourth-order valence-electron chi connectivity index (χ4n) is 6.26. The van der Waals surface area contributed by atoms with E-state index in [4.69, 9.17) is 0 Å². The first-order chi connectivity index (χ1) is 20.2. The van der Waals surface area contributed by atoms with Gasteiger partial charge in [0.2, 0.25) is 11.9 Å². The fourth-order valence-corrected chi connectivity index (χ4v) is 6.26. The van der Waals surface area contributed by atoms with Crippen LogP contribution in [0.4, 0.5) is 19.1 Å². The number of pyridine rings is 1. The van der Waals surface area contributed by atoms with Gasteiger partial charge in [0.25, 0.3) is 0 Å². The fraction of sp³-hybridized carbons (Fsp3) is 0.517. The normalized spacial score (nSPS) is 26.5. The van der Waals surface area contributed by atoms with Crippen molar-refractivity contribution in [2.75, 3.05) is 31.1 Å². The van der Waals surface area contributed by atoms with Crippen LogP contribution >= 0.6 is 0 Å². The van der Waals surface area contributed by atoms with Gasteiger partial charge in [-0.15, -0.1) is 0 Å². The van der Waals surface area contributed by atoms with Crippen molar-refractivity contribution in [2.45, 2.75) is 62.4 Å². The highest BCUT2D eigenvalue weighted by molar-refractivity contribution is 5.80. The third kappa shape index (κ3) is 6.07. The van der Waals surface area contributed by atoms with Crippen LogP contribution in [-0.4, -0.2) is 79.1 Å². The highest BCUT2D eigenvalue weighted by Gasteiger charge is 2.40. The number of aromatic nitrogens is 5. The zero-order valence-corrected chi connectivity index (χ0v) is 23.0. The van der Waals surface area contributed by atoms with Crippen molar-refractivity contribution in [2.24, 2.45) is 5.92 Å². The van der Waals surface area contributed by atoms with Gasteiger partial charge < -0.3 is 20.2 Å². The number of hydrogen-bond acceptors (Lipinski definition) is 9. The van der Waals surface area contributed by atoms with Crippen LogP contribution in [0.25, 0.3) is 11.4 Å². The molecule has 2 N–H and O–H groups in total. The predicted octanol–water partition coefficient (Wildman–Crippen LogP) is 3.19. The zero-order valence-electron chi connectivity index (χ0n) is 23.0. The maximum Gasteiger partial charge on any atom is 0.433 e. The molecule has 3 aromatic heterocycles. The molecule has 0 bridgehead atoms. The molecular formula is C29H33F3N8O2. The second-order valence-corrected chi connectivity index (χ2v) is 11.4. The molecule has 1 unspecified atom stereocenters. The van der Waals surface area contributed by atoms with Crippen molar-refractivity contribution < 1.29 is 23.1 Å². The van der Waals surface area contributed by atoms with Crippen LogP contribution in [0.3, 0.4) is 0 Å². The summed E-state index contributed by atoms with van der Waals surface area (Å²) in [5.41, 5.74) is -0.513. The second kappa shape index (κ2) is 11.5. The van der Waals surface area contributed by atoms with E-state index < -0.39 is 17.5 Å². The minimum Gasteiger partial charge on any atom is -0.384 e. The summed E-state index contributed by atoms with van der Waals surface area (Å²) in [6.07, 6.45) is 5.78. The minimum atomic E-state index is -4.54. The van der Waals surface area contributed by atoms with Crippen molar-refractivity contribution in [1.29, 1.82) is 0 Å². The molecular weight excluding hydrogens is 549 g/mol. The number of rotatable bonds is 6. The number of anilines is 1. The molecule has 0 aromatic carbocycles. The molecule has 3 aliphatic rings. The number of halogens is 3. The lowest BCUT2D eigenvalue weighted by Gasteiger charge is -2.37. The SMILES string of the molecule is O=C([C@H]1CCN(c2nccc(C(F)(F)F)n2)C1)N1CCC(NC2CCC(O)(c3ccc(-c4ncccn4)cn3)CC2)C1. The van der Waals surface area contributed by atoms with Gasteiger partial charge in [0.1, 0.15) is 11.3 Å². The molecule has 6 rings (SSSR count). The summed E-state index contributed by atoms with van der Waals surface area (Å²) in [7, 11) is 0. The van der Waals surface area contributed by atoms with Crippen LogP contribution < -0.4 is 10.2 Å². The Hall–Kier alpha value is -3.71. The van der Waals surface area contributed by atoms with Crippen LogP contribution in [0.5, 0.6) is 0 Å². The highest BCUT2D eigenvalue weighted by atomic mass is 19.4. The van der Waals surface area contributed by atoms with Gasteiger partial charge in [-0.1, -0.05) is 0 Å². The molecule has 1 aliphatic carbocycles. The van der Waals surface area contributed by atoms with E-state index in [2.05, 4.69) is 30.2 Å².